The van der Waals surface area contributed by atoms with Gasteiger partial charge in [0.2, 0.25) is 5.91 Å². The standard InChI is InChI=1S/C16H18N2O3S2/c1-11-5-2-3-6-12(11)9-13-15(21)18(16(22)23-13)10-14(20)17-7-4-8-19/h2-3,5-6,9,19H,4,7-8,10H2,1H3,(H,17,20)/b13-9-. The van der Waals surface area contributed by atoms with Crippen LogP contribution in [0.1, 0.15) is 17.5 Å². The number of nitrogens with zero attached hydrogens (tertiary/aromatic N) is 1. The smallest absolute Gasteiger partial charge is 0.266 e. The molecule has 0 radical (unpaired) electrons. The molecule has 2 amide bonds. The van der Waals surface area contributed by atoms with E-state index in [4.69, 9.17) is 17.3 Å². The van der Waals surface area contributed by atoms with Gasteiger partial charge in [0.05, 0.1) is 4.91 Å². The molecule has 1 saturated heterocycles. The predicted octanol–water partition coefficient (Wildman–Crippen LogP) is 1.69. The molecular formula is C16H18N2O3S2. The van der Waals surface area contributed by atoms with Crippen LogP contribution in [-0.4, -0.2) is 45.8 Å². The molecule has 7 heteroatoms. The normalized spacial score (nSPS) is 16.3. The van der Waals surface area contributed by atoms with E-state index in [9.17, 15) is 9.59 Å². The summed E-state index contributed by atoms with van der Waals surface area (Å²) in [6, 6.07) is 7.76. The summed E-state index contributed by atoms with van der Waals surface area (Å²) in [5.74, 6) is -0.535. The summed E-state index contributed by atoms with van der Waals surface area (Å²) in [5.41, 5.74) is 2.03. The fraction of sp³-hybridized carbons (Fsp3) is 0.312. The minimum absolute atomic E-state index is 0.0144. The van der Waals surface area contributed by atoms with Crippen molar-refractivity contribution in [3.05, 3.63) is 40.3 Å². The zero-order valence-corrected chi connectivity index (χ0v) is 14.4. The van der Waals surface area contributed by atoms with Crippen LogP contribution in [0.4, 0.5) is 0 Å². The number of benzene rings is 1. The minimum atomic E-state index is -0.285. The van der Waals surface area contributed by atoms with Gasteiger partial charge in [0, 0.05) is 13.2 Å². The number of nitrogens with one attached hydrogen (secondary N) is 1. The Labute approximate surface area is 144 Å². The predicted molar refractivity (Wildman–Crippen MR) is 95.8 cm³/mol. The maximum absolute atomic E-state index is 12.4. The van der Waals surface area contributed by atoms with Gasteiger partial charge in [-0.2, -0.15) is 0 Å². The van der Waals surface area contributed by atoms with Crippen LogP contribution in [0.15, 0.2) is 29.2 Å². The highest BCUT2D eigenvalue weighted by Gasteiger charge is 2.33. The van der Waals surface area contributed by atoms with E-state index in [-0.39, 0.29) is 25.0 Å². The third-order valence-corrected chi connectivity index (χ3v) is 4.69. The van der Waals surface area contributed by atoms with Crippen LogP contribution in [0, 0.1) is 6.92 Å². The number of aliphatic hydroxyl groups excluding tert-OH is 1. The SMILES string of the molecule is Cc1ccccc1/C=C1\SC(=S)N(CC(=O)NCCCO)C1=O. The molecule has 5 nitrogen and oxygen atoms in total. The Morgan fingerprint density at radius 3 is 2.87 bits per heavy atom. The minimum Gasteiger partial charge on any atom is -0.396 e. The average molecular weight is 350 g/mol. The second-order valence-corrected chi connectivity index (χ2v) is 6.73. The topological polar surface area (TPSA) is 69.6 Å². The average Bonchev–Trinajstić information content (AvgIpc) is 2.77. The highest BCUT2D eigenvalue weighted by molar-refractivity contribution is 8.26. The molecule has 2 rings (SSSR count). The number of aliphatic hydroxyl groups is 1. The Morgan fingerprint density at radius 2 is 2.17 bits per heavy atom. The summed E-state index contributed by atoms with van der Waals surface area (Å²) < 4.78 is 0.382. The van der Waals surface area contributed by atoms with Crippen LogP contribution in [0.3, 0.4) is 0 Å². The van der Waals surface area contributed by atoms with Crippen LogP contribution in [0.25, 0.3) is 6.08 Å². The Hall–Kier alpha value is -1.70. The Kier molecular flexibility index (Phi) is 6.32. The van der Waals surface area contributed by atoms with Gasteiger partial charge in [-0.05, 0) is 30.5 Å². The summed E-state index contributed by atoms with van der Waals surface area (Å²) in [4.78, 5) is 26.1. The zero-order chi connectivity index (χ0) is 16.8. The summed E-state index contributed by atoms with van der Waals surface area (Å²) in [5, 5.41) is 11.3. The van der Waals surface area contributed by atoms with Gasteiger partial charge in [-0.15, -0.1) is 0 Å². The van der Waals surface area contributed by atoms with E-state index in [0.717, 1.165) is 11.1 Å². The van der Waals surface area contributed by atoms with Crippen molar-refractivity contribution < 1.29 is 14.7 Å². The summed E-state index contributed by atoms with van der Waals surface area (Å²) >= 11 is 6.41. The molecule has 2 N–H and O–H groups in total. The molecule has 1 heterocycles. The highest BCUT2D eigenvalue weighted by atomic mass is 32.2. The molecule has 0 saturated carbocycles. The van der Waals surface area contributed by atoms with Crippen LogP contribution in [0.5, 0.6) is 0 Å². The molecule has 0 bridgehead atoms. The number of carbonyl (C=O) groups is 2. The number of hydrogen-bond acceptors (Lipinski definition) is 5. The van der Waals surface area contributed by atoms with Crippen molar-refractivity contribution in [3.63, 3.8) is 0 Å². The van der Waals surface area contributed by atoms with Gasteiger partial charge in [0.1, 0.15) is 10.9 Å². The van der Waals surface area contributed by atoms with E-state index in [1.54, 1.807) is 6.08 Å². The summed E-state index contributed by atoms with van der Waals surface area (Å²) in [7, 11) is 0. The summed E-state index contributed by atoms with van der Waals surface area (Å²) in [6.07, 6.45) is 2.29. The lowest BCUT2D eigenvalue weighted by Gasteiger charge is -2.13. The molecule has 0 aliphatic carbocycles. The van der Waals surface area contributed by atoms with Crippen molar-refractivity contribution in [1.82, 2.24) is 10.2 Å². The molecule has 1 fully saturated rings. The molecule has 0 atom stereocenters. The first-order valence-electron chi connectivity index (χ1n) is 7.21. The van der Waals surface area contributed by atoms with E-state index in [0.29, 0.717) is 22.2 Å². The van der Waals surface area contributed by atoms with Crippen molar-refractivity contribution in [1.29, 1.82) is 0 Å². The summed E-state index contributed by atoms with van der Waals surface area (Å²) in [6.45, 7) is 2.27. The van der Waals surface area contributed by atoms with Gasteiger partial charge in [-0.3, -0.25) is 14.5 Å². The molecule has 0 aromatic heterocycles. The quantitative estimate of drug-likeness (QED) is 0.464. The third kappa shape index (κ3) is 4.63. The highest BCUT2D eigenvalue weighted by Crippen LogP contribution is 2.32. The molecule has 0 spiro atoms. The van der Waals surface area contributed by atoms with E-state index in [2.05, 4.69) is 5.32 Å². The van der Waals surface area contributed by atoms with E-state index < -0.39 is 0 Å². The second kappa shape index (κ2) is 8.24. The third-order valence-electron chi connectivity index (χ3n) is 3.31. The van der Waals surface area contributed by atoms with Crippen LogP contribution < -0.4 is 5.32 Å². The first-order chi connectivity index (χ1) is 11.0. The maximum atomic E-state index is 12.4. The van der Waals surface area contributed by atoms with Crippen molar-refractivity contribution in [2.75, 3.05) is 19.7 Å². The lowest BCUT2D eigenvalue weighted by atomic mass is 10.1. The van der Waals surface area contributed by atoms with Gasteiger partial charge < -0.3 is 10.4 Å². The molecule has 1 aromatic rings. The van der Waals surface area contributed by atoms with Gasteiger partial charge in [0.15, 0.2) is 0 Å². The van der Waals surface area contributed by atoms with Crippen molar-refractivity contribution in [3.8, 4) is 0 Å². The largest absolute Gasteiger partial charge is 0.396 e. The van der Waals surface area contributed by atoms with E-state index in [1.807, 2.05) is 31.2 Å². The molecule has 23 heavy (non-hydrogen) atoms. The first kappa shape index (κ1) is 17.7. The number of rotatable bonds is 6. The van der Waals surface area contributed by atoms with Gasteiger partial charge in [0.25, 0.3) is 5.91 Å². The monoisotopic (exact) mass is 350 g/mol. The van der Waals surface area contributed by atoms with Crippen molar-refractivity contribution in [2.24, 2.45) is 0 Å². The van der Waals surface area contributed by atoms with Crippen molar-refractivity contribution in [2.45, 2.75) is 13.3 Å². The zero-order valence-electron chi connectivity index (χ0n) is 12.7. The van der Waals surface area contributed by atoms with Crippen molar-refractivity contribution >= 4 is 46.2 Å². The lowest BCUT2D eigenvalue weighted by molar-refractivity contribution is -0.128. The number of amides is 2. The Morgan fingerprint density at radius 1 is 1.43 bits per heavy atom. The molecule has 1 aliphatic rings. The molecule has 122 valence electrons. The fourth-order valence-corrected chi connectivity index (χ4v) is 3.28. The molecule has 1 aliphatic heterocycles. The Balaban J connectivity index is 2.05. The molecule has 1 aromatic carbocycles. The van der Waals surface area contributed by atoms with Crippen LogP contribution in [-0.2, 0) is 9.59 Å². The Bertz CT molecular complexity index is 658. The lowest BCUT2D eigenvalue weighted by Crippen LogP contribution is -2.39. The van der Waals surface area contributed by atoms with Gasteiger partial charge in [-0.1, -0.05) is 48.2 Å². The maximum Gasteiger partial charge on any atom is 0.266 e. The van der Waals surface area contributed by atoms with E-state index >= 15 is 0 Å². The second-order valence-electron chi connectivity index (χ2n) is 5.05. The van der Waals surface area contributed by atoms with Gasteiger partial charge >= 0.3 is 0 Å². The molecule has 0 unspecified atom stereocenters. The molecular weight excluding hydrogens is 332 g/mol. The first-order valence-corrected chi connectivity index (χ1v) is 8.44. The number of carbonyl (C=O) groups excluding carboxylic acids is 2. The number of thiocarbonyl (C=S) groups is 1. The fourth-order valence-electron chi connectivity index (χ4n) is 2.03. The number of hydrogen-bond donors (Lipinski definition) is 2. The van der Waals surface area contributed by atoms with Crippen LogP contribution >= 0.6 is 24.0 Å². The van der Waals surface area contributed by atoms with Crippen LogP contribution in [0.2, 0.25) is 0 Å². The van der Waals surface area contributed by atoms with E-state index in [1.165, 1.54) is 16.7 Å². The van der Waals surface area contributed by atoms with Gasteiger partial charge in [-0.25, -0.2) is 0 Å². The number of aryl methyl sites for hydroxylation is 1. The number of thioether (sulfide) groups is 1.